The number of hydrogen-bond acceptors (Lipinski definition) is 4. The fourth-order valence-electron chi connectivity index (χ4n) is 1.91. The number of hydrogen-bond donors (Lipinski definition) is 2. The van der Waals surface area contributed by atoms with E-state index in [2.05, 4.69) is 15.3 Å². The van der Waals surface area contributed by atoms with Crippen molar-refractivity contribution in [2.24, 2.45) is 17.3 Å². The zero-order chi connectivity index (χ0) is 14.2. The molecule has 19 heavy (non-hydrogen) atoms. The molecule has 100 valence electrons. The largest absolute Gasteiger partial charge is 0.505 e. The third-order valence-electron chi connectivity index (χ3n) is 2.88. The highest BCUT2D eigenvalue weighted by molar-refractivity contribution is 5.57. The van der Waals surface area contributed by atoms with Crippen LogP contribution in [0.15, 0.2) is 27.2 Å². The van der Waals surface area contributed by atoms with Gasteiger partial charge in [0.25, 0.3) is 5.56 Å². The Labute approximate surface area is 110 Å². The zero-order valence-corrected chi connectivity index (χ0v) is 11.4. The summed E-state index contributed by atoms with van der Waals surface area (Å²) in [4.78, 5) is 11.7. The molecule has 0 aliphatic heterocycles. The summed E-state index contributed by atoms with van der Waals surface area (Å²) in [5.74, 6) is 0.0827. The number of rotatable bonds is 2. The summed E-state index contributed by atoms with van der Waals surface area (Å²) in [6.45, 7) is 5.45. The number of aromatic nitrogens is 2. The van der Waals surface area contributed by atoms with Crippen LogP contribution >= 0.6 is 0 Å². The number of aryl methyl sites for hydroxylation is 4. The molecule has 0 aliphatic rings. The maximum absolute atomic E-state index is 11.7. The molecule has 0 radical (unpaired) electrons. The Bertz CT molecular complexity index is 710. The first-order valence-electron chi connectivity index (χ1n) is 5.87. The minimum Gasteiger partial charge on any atom is -0.505 e. The molecule has 0 atom stereocenters. The number of azo groups is 1. The summed E-state index contributed by atoms with van der Waals surface area (Å²) in [6.07, 6.45) is 0. The highest BCUT2D eigenvalue weighted by Crippen LogP contribution is 2.32. The predicted molar refractivity (Wildman–Crippen MR) is 72.5 cm³/mol. The van der Waals surface area contributed by atoms with Crippen molar-refractivity contribution in [3.8, 4) is 5.75 Å². The highest BCUT2D eigenvalue weighted by Gasteiger charge is 2.09. The number of phenolic OH excluding ortho intramolecular Hbond substituents is 1. The van der Waals surface area contributed by atoms with E-state index in [0.717, 1.165) is 11.1 Å². The molecule has 1 heterocycles. The number of aromatic hydroxyl groups is 1. The van der Waals surface area contributed by atoms with Gasteiger partial charge in [-0.1, -0.05) is 6.07 Å². The van der Waals surface area contributed by atoms with Gasteiger partial charge in [-0.2, -0.15) is 0 Å². The fourth-order valence-corrected chi connectivity index (χ4v) is 1.91. The molecular formula is C13H16N4O2. The Balaban J connectivity index is 2.46. The zero-order valence-electron chi connectivity index (χ0n) is 11.4. The van der Waals surface area contributed by atoms with E-state index < -0.39 is 0 Å². The number of aromatic amines is 1. The second-order valence-corrected chi connectivity index (χ2v) is 4.60. The first-order chi connectivity index (χ1) is 8.90. The van der Waals surface area contributed by atoms with Gasteiger partial charge in [-0.3, -0.25) is 14.6 Å². The minimum absolute atomic E-state index is 0.0827. The summed E-state index contributed by atoms with van der Waals surface area (Å²) < 4.78 is 1.34. The first-order valence-corrected chi connectivity index (χ1v) is 5.87. The molecule has 1 aromatic heterocycles. The van der Waals surface area contributed by atoms with E-state index in [1.807, 2.05) is 13.0 Å². The van der Waals surface area contributed by atoms with Crippen molar-refractivity contribution in [1.29, 1.82) is 0 Å². The third kappa shape index (κ3) is 2.42. The molecule has 2 rings (SSSR count). The molecule has 0 saturated heterocycles. The van der Waals surface area contributed by atoms with Gasteiger partial charge in [-0.05, 0) is 38.0 Å². The van der Waals surface area contributed by atoms with Crippen LogP contribution in [0.25, 0.3) is 0 Å². The Morgan fingerprint density at radius 2 is 1.89 bits per heavy atom. The normalized spacial score (nSPS) is 11.4. The van der Waals surface area contributed by atoms with Crippen LogP contribution in [0.5, 0.6) is 5.75 Å². The van der Waals surface area contributed by atoms with Crippen molar-refractivity contribution in [2.45, 2.75) is 20.8 Å². The molecule has 6 heteroatoms. The second-order valence-electron chi connectivity index (χ2n) is 4.60. The van der Waals surface area contributed by atoms with Gasteiger partial charge < -0.3 is 5.11 Å². The maximum atomic E-state index is 11.7. The topological polar surface area (TPSA) is 82.7 Å². The fraction of sp³-hybridized carbons (Fsp3) is 0.308. The van der Waals surface area contributed by atoms with E-state index in [1.54, 1.807) is 27.0 Å². The number of nitrogens with zero attached hydrogens (tertiary/aromatic N) is 3. The average molecular weight is 260 g/mol. The maximum Gasteiger partial charge on any atom is 0.294 e. The third-order valence-corrected chi connectivity index (χ3v) is 2.88. The smallest absolute Gasteiger partial charge is 0.294 e. The quantitative estimate of drug-likeness (QED) is 0.814. The second kappa shape index (κ2) is 4.72. The van der Waals surface area contributed by atoms with Gasteiger partial charge >= 0.3 is 0 Å². The van der Waals surface area contributed by atoms with E-state index in [0.29, 0.717) is 11.4 Å². The van der Waals surface area contributed by atoms with Gasteiger partial charge in [0.05, 0.1) is 5.69 Å². The van der Waals surface area contributed by atoms with Crippen molar-refractivity contribution < 1.29 is 5.11 Å². The van der Waals surface area contributed by atoms with E-state index in [9.17, 15) is 9.90 Å². The lowest BCUT2D eigenvalue weighted by atomic mass is 10.1. The molecule has 0 aliphatic carbocycles. The van der Waals surface area contributed by atoms with Gasteiger partial charge in [-0.25, -0.2) is 0 Å². The van der Waals surface area contributed by atoms with Gasteiger partial charge in [0.2, 0.25) is 0 Å². The van der Waals surface area contributed by atoms with Crippen LogP contribution in [0.4, 0.5) is 11.4 Å². The van der Waals surface area contributed by atoms with Crippen LogP contribution < -0.4 is 5.56 Å². The Hall–Kier alpha value is -2.37. The molecule has 0 saturated carbocycles. The minimum atomic E-state index is -0.245. The van der Waals surface area contributed by atoms with Crippen molar-refractivity contribution in [1.82, 2.24) is 9.78 Å². The van der Waals surface area contributed by atoms with Crippen LogP contribution in [-0.4, -0.2) is 14.9 Å². The monoisotopic (exact) mass is 260 g/mol. The van der Waals surface area contributed by atoms with E-state index in [1.165, 1.54) is 4.68 Å². The van der Waals surface area contributed by atoms with E-state index >= 15 is 0 Å². The lowest BCUT2D eigenvalue weighted by Crippen LogP contribution is -2.10. The highest BCUT2D eigenvalue weighted by atomic mass is 16.3. The van der Waals surface area contributed by atoms with E-state index in [-0.39, 0.29) is 17.0 Å². The Kier molecular flexibility index (Phi) is 3.25. The summed E-state index contributed by atoms with van der Waals surface area (Å²) >= 11 is 0. The standard InChI is InChI=1S/C13H16N4O2/c1-7-5-8(2)12(18)10(6-7)14-15-11-9(3)16-17(4)13(11)19/h5-6,16,18H,1-4H3. The number of nitrogens with one attached hydrogen (secondary N) is 1. The van der Waals surface area contributed by atoms with Crippen molar-refractivity contribution >= 4 is 11.4 Å². The molecule has 0 amide bonds. The van der Waals surface area contributed by atoms with Crippen molar-refractivity contribution in [2.75, 3.05) is 0 Å². The number of phenols is 1. The SMILES string of the molecule is Cc1cc(C)c(O)c(N=Nc2c(C)[nH]n(C)c2=O)c1. The molecule has 2 N–H and O–H groups in total. The Morgan fingerprint density at radius 3 is 2.47 bits per heavy atom. The van der Waals surface area contributed by atoms with Crippen LogP contribution in [-0.2, 0) is 7.05 Å². The van der Waals surface area contributed by atoms with E-state index in [4.69, 9.17) is 0 Å². The molecule has 6 nitrogen and oxygen atoms in total. The van der Waals surface area contributed by atoms with Crippen LogP contribution in [0.3, 0.4) is 0 Å². The van der Waals surface area contributed by atoms with Crippen molar-refractivity contribution in [3.63, 3.8) is 0 Å². The lowest BCUT2D eigenvalue weighted by Gasteiger charge is -2.03. The van der Waals surface area contributed by atoms with Crippen molar-refractivity contribution in [3.05, 3.63) is 39.3 Å². The molecule has 0 spiro atoms. The van der Waals surface area contributed by atoms with Gasteiger partial charge in [-0.15, -0.1) is 10.2 Å². The molecule has 2 aromatic rings. The van der Waals surface area contributed by atoms with Crippen LogP contribution in [0, 0.1) is 20.8 Å². The first kappa shape index (κ1) is 13.1. The van der Waals surface area contributed by atoms with Gasteiger partial charge in [0.1, 0.15) is 11.4 Å². The predicted octanol–water partition coefficient (Wildman–Crippen LogP) is 2.76. The average Bonchev–Trinajstić information content (AvgIpc) is 2.57. The van der Waals surface area contributed by atoms with Gasteiger partial charge in [0.15, 0.2) is 5.69 Å². The molecule has 1 aromatic carbocycles. The summed E-state index contributed by atoms with van der Waals surface area (Å²) in [7, 11) is 1.61. The van der Waals surface area contributed by atoms with Crippen LogP contribution in [0.2, 0.25) is 0 Å². The molecule has 0 bridgehead atoms. The molecular weight excluding hydrogens is 244 g/mol. The molecule has 0 fully saturated rings. The molecule has 0 unspecified atom stereocenters. The lowest BCUT2D eigenvalue weighted by molar-refractivity contribution is 0.472. The summed E-state index contributed by atoms with van der Waals surface area (Å²) in [5.41, 5.74) is 2.71. The number of benzene rings is 1. The summed E-state index contributed by atoms with van der Waals surface area (Å²) in [5, 5.41) is 20.7. The van der Waals surface area contributed by atoms with Gasteiger partial charge in [0, 0.05) is 7.05 Å². The number of H-pyrrole nitrogens is 1. The Morgan fingerprint density at radius 1 is 1.21 bits per heavy atom. The summed E-state index contributed by atoms with van der Waals surface area (Å²) in [6, 6.07) is 3.58. The van der Waals surface area contributed by atoms with Crippen LogP contribution in [0.1, 0.15) is 16.8 Å².